The van der Waals surface area contributed by atoms with Crippen molar-refractivity contribution in [1.82, 2.24) is 10.7 Å². The van der Waals surface area contributed by atoms with Gasteiger partial charge in [0.1, 0.15) is 6.61 Å². The van der Waals surface area contributed by atoms with Gasteiger partial charge in [0.05, 0.1) is 29.4 Å². The van der Waals surface area contributed by atoms with Crippen LogP contribution in [0.3, 0.4) is 0 Å². The Bertz CT molecular complexity index is 1470. The molecule has 9 heteroatoms. The molecule has 2 N–H and O–H groups in total. The van der Waals surface area contributed by atoms with Crippen LogP contribution in [-0.2, 0) is 11.4 Å². The number of methoxy groups -OCH3 is 1. The van der Waals surface area contributed by atoms with Crippen LogP contribution in [0, 0.1) is 3.57 Å². The summed E-state index contributed by atoms with van der Waals surface area (Å²) in [6, 6.07) is 29.4. The average molecular weight is 712 g/mol. The quantitative estimate of drug-likeness (QED) is 0.104. The van der Waals surface area contributed by atoms with Crippen LogP contribution in [0.15, 0.2) is 107 Å². The number of carbonyl (C=O) groups is 2. The largest absolute Gasteiger partial charge is 0.493 e. The lowest BCUT2D eigenvalue weighted by molar-refractivity contribution is -0.121. The molecule has 0 radical (unpaired) electrons. The highest BCUT2D eigenvalue weighted by atomic mass is 127. The van der Waals surface area contributed by atoms with E-state index in [0.717, 1.165) is 24.7 Å². The third-order valence-electron chi connectivity index (χ3n) is 5.88. The minimum Gasteiger partial charge on any atom is -0.493 e. The molecule has 40 heavy (non-hydrogen) atoms. The SMILES string of the molecule is COc1cc(/C=N\NC(=O)C[C@H](NC(=O)c2ccccc2)c2ccccc2)cc(I)c1OCc1ccc(Br)cc1. The van der Waals surface area contributed by atoms with Crippen LogP contribution in [0.1, 0.15) is 39.5 Å². The molecule has 0 heterocycles. The van der Waals surface area contributed by atoms with Crippen LogP contribution in [0.2, 0.25) is 0 Å². The number of benzene rings is 4. The molecule has 2 amide bonds. The zero-order valence-electron chi connectivity index (χ0n) is 21.6. The van der Waals surface area contributed by atoms with E-state index in [-0.39, 0.29) is 18.2 Å². The molecule has 0 unspecified atom stereocenters. The van der Waals surface area contributed by atoms with Crippen molar-refractivity contribution in [3.63, 3.8) is 0 Å². The van der Waals surface area contributed by atoms with E-state index in [1.807, 2.05) is 66.7 Å². The fourth-order valence-corrected chi connectivity index (χ4v) is 4.91. The number of rotatable bonds is 11. The first kappa shape index (κ1) is 29.3. The van der Waals surface area contributed by atoms with Crippen LogP contribution in [0.25, 0.3) is 0 Å². The van der Waals surface area contributed by atoms with Crippen LogP contribution < -0.4 is 20.2 Å². The number of ether oxygens (including phenoxy) is 2. The molecule has 0 aliphatic carbocycles. The lowest BCUT2D eigenvalue weighted by Crippen LogP contribution is -2.32. The lowest BCUT2D eigenvalue weighted by Gasteiger charge is -2.18. The zero-order chi connectivity index (χ0) is 28.3. The molecule has 7 nitrogen and oxygen atoms in total. The normalized spacial score (nSPS) is 11.6. The Morgan fingerprint density at radius 1 is 0.975 bits per heavy atom. The molecule has 0 aliphatic rings. The number of nitrogens with zero attached hydrogens (tertiary/aromatic N) is 1. The van der Waals surface area contributed by atoms with Gasteiger partial charge in [-0.1, -0.05) is 76.6 Å². The number of hydrogen-bond donors (Lipinski definition) is 2. The van der Waals surface area contributed by atoms with Gasteiger partial charge >= 0.3 is 0 Å². The van der Waals surface area contributed by atoms with Crippen molar-refractivity contribution in [3.8, 4) is 11.5 Å². The van der Waals surface area contributed by atoms with Crippen molar-refractivity contribution in [2.24, 2.45) is 5.10 Å². The van der Waals surface area contributed by atoms with Crippen molar-refractivity contribution < 1.29 is 19.1 Å². The number of hydrazone groups is 1. The molecule has 4 aromatic carbocycles. The molecular formula is C31H27BrIN3O4. The van der Waals surface area contributed by atoms with Gasteiger partial charge in [0.2, 0.25) is 5.91 Å². The molecule has 0 aliphatic heterocycles. The maximum absolute atomic E-state index is 12.8. The summed E-state index contributed by atoms with van der Waals surface area (Å²) >= 11 is 5.62. The average Bonchev–Trinajstić information content (AvgIpc) is 2.97. The van der Waals surface area contributed by atoms with E-state index in [0.29, 0.717) is 23.7 Å². The molecule has 1 atom stereocenters. The molecule has 204 valence electrons. The number of carbonyl (C=O) groups excluding carboxylic acids is 2. The fourth-order valence-electron chi connectivity index (χ4n) is 3.87. The third kappa shape index (κ3) is 8.40. The summed E-state index contributed by atoms with van der Waals surface area (Å²) in [7, 11) is 1.58. The summed E-state index contributed by atoms with van der Waals surface area (Å²) < 4.78 is 13.4. The van der Waals surface area contributed by atoms with Crippen molar-refractivity contribution in [3.05, 3.63) is 127 Å². The van der Waals surface area contributed by atoms with E-state index in [1.54, 1.807) is 43.7 Å². The fraction of sp³-hybridized carbons (Fsp3) is 0.129. The number of amides is 2. The van der Waals surface area contributed by atoms with Gasteiger partial charge in [0.25, 0.3) is 5.91 Å². The Balaban J connectivity index is 1.40. The Labute approximate surface area is 255 Å². The highest BCUT2D eigenvalue weighted by Crippen LogP contribution is 2.34. The molecule has 0 fully saturated rings. The van der Waals surface area contributed by atoms with Crippen molar-refractivity contribution in [1.29, 1.82) is 0 Å². The van der Waals surface area contributed by atoms with Gasteiger partial charge in [0, 0.05) is 10.0 Å². The molecule has 0 aromatic heterocycles. The second kappa shape index (κ2) is 14.6. The van der Waals surface area contributed by atoms with E-state index < -0.39 is 6.04 Å². The smallest absolute Gasteiger partial charge is 0.251 e. The van der Waals surface area contributed by atoms with Crippen LogP contribution in [0.4, 0.5) is 0 Å². The van der Waals surface area contributed by atoms with E-state index in [4.69, 9.17) is 9.47 Å². The van der Waals surface area contributed by atoms with Gasteiger partial charge in [-0.15, -0.1) is 0 Å². The van der Waals surface area contributed by atoms with Gasteiger partial charge in [-0.25, -0.2) is 5.43 Å². The predicted molar refractivity (Wildman–Crippen MR) is 168 cm³/mol. The number of nitrogens with one attached hydrogen (secondary N) is 2. The summed E-state index contributed by atoms with van der Waals surface area (Å²) in [6.07, 6.45) is 1.56. The van der Waals surface area contributed by atoms with Gasteiger partial charge in [-0.2, -0.15) is 5.10 Å². The van der Waals surface area contributed by atoms with E-state index >= 15 is 0 Å². The zero-order valence-corrected chi connectivity index (χ0v) is 25.4. The van der Waals surface area contributed by atoms with Crippen LogP contribution >= 0.6 is 38.5 Å². The molecule has 0 saturated heterocycles. The van der Waals surface area contributed by atoms with Crippen molar-refractivity contribution in [2.75, 3.05) is 7.11 Å². The summed E-state index contributed by atoms with van der Waals surface area (Å²) in [5, 5.41) is 7.09. The number of halogens is 2. The lowest BCUT2D eigenvalue weighted by atomic mass is 10.0. The number of hydrogen-bond acceptors (Lipinski definition) is 5. The Kier molecular flexibility index (Phi) is 10.7. The minimum absolute atomic E-state index is 0.0175. The van der Waals surface area contributed by atoms with Crippen molar-refractivity contribution >= 4 is 56.5 Å². The Morgan fingerprint density at radius 2 is 1.65 bits per heavy atom. The van der Waals surface area contributed by atoms with E-state index in [1.165, 1.54) is 0 Å². The highest BCUT2D eigenvalue weighted by Gasteiger charge is 2.19. The summed E-state index contributed by atoms with van der Waals surface area (Å²) in [4.78, 5) is 25.6. The highest BCUT2D eigenvalue weighted by molar-refractivity contribution is 14.1. The second-order valence-electron chi connectivity index (χ2n) is 8.75. The minimum atomic E-state index is -0.521. The molecule has 0 bridgehead atoms. The van der Waals surface area contributed by atoms with Crippen LogP contribution in [-0.4, -0.2) is 25.1 Å². The van der Waals surface area contributed by atoms with E-state index in [2.05, 4.69) is 54.4 Å². The predicted octanol–water partition coefficient (Wildman–Crippen LogP) is 6.65. The van der Waals surface area contributed by atoms with Crippen molar-refractivity contribution in [2.45, 2.75) is 19.1 Å². The molecule has 0 spiro atoms. The standard InChI is InChI=1S/C31H27BrIN3O4/c1-39-28-17-22(16-26(33)30(28)40-20-21-12-14-25(32)15-13-21)19-34-36-29(37)18-27(23-8-4-2-5-9-23)35-31(38)24-10-6-3-7-11-24/h2-17,19,27H,18,20H2,1H3,(H,35,38)(H,36,37)/b34-19-/t27-/m0/s1. The van der Waals surface area contributed by atoms with Gasteiger partial charge < -0.3 is 14.8 Å². The van der Waals surface area contributed by atoms with Gasteiger partial charge in [-0.05, 0) is 75.7 Å². The molecule has 4 aromatic rings. The third-order valence-corrected chi connectivity index (χ3v) is 7.21. The topological polar surface area (TPSA) is 89.0 Å². The summed E-state index contributed by atoms with van der Waals surface area (Å²) in [5.74, 6) is 0.598. The molecule has 0 saturated carbocycles. The first-order valence-corrected chi connectivity index (χ1v) is 14.3. The van der Waals surface area contributed by atoms with Gasteiger partial charge in [0.15, 0.2) is 11.5 Å². The Morgan fingerprint density at radius 3 is 2.33 bits per heavy atom. The second-order valence-corrected chi connectivity index (χ2v) is 10.8. The van der Waals surface area contributed by atoms with Crippen LogP contribution in [0.5, 0.6) is 11.5 Å². The Hall–Kier alpha value is -3.70. The summed E-state index contributed by atoms with van der Waals surface area (Å²) in [6.45, 7) is 0.395. The first-order chi connectivity index (χ1) is 19.4. The summed E-state index contributed by atoms with van der Waals surface area (Å²) in [5.41, 5.74) is 5.68. The molecule has 4 rings (SSSR count). The maximum Gasteiger partial charge on any atom is 0.251 e. The first-order valence-electron chi connectivity index (χ1n) is 12.4. The van der Waals surface area contributed by atoms with E-state index in [9.17, 15) is 9.59 Å². The maximum atomic E-state index is 12.8. The monoisotopic (exact) mass is 711 g/mol. The molecular weight excluding hydrogens is 685 g/mol. The van der Waals surface area contributed by atoms with Gasteiger partial charge in [-0.3, -0.25) is 9.59 Å².